The number of H-pyrrole nitrogens is 1. The second kappa shape index (κ2) is 6.01. The minimum absolute atomic E-state index is 0.0295. The lowest BCUT2D eigenvalue weighted by Crippen LogP contribution is -2.56. The molecule has 1 aliphatic heterocycles. The van der Waals surface area contributed by atoms with Crippen LogP contribution >= 0.6 is 0 Å². The van der Waals surface area contributed by atoms with Crippen molar-refractivity contribution in [2.75, 3.05) is 4.90 Å². The normalized spacial score (nSPS) is 21.6. The minimum Gasteiger partial charge on any atom is -0.345 e. The highest BCUT2D eigenvalue weighted by molar-refractivity contribution is 6.04. The molecule has 1 N–H and O–H groups in total. The molecule has 2 unspecified atom stereocenters. The van der Waals surface area contributed by atoms with Crippen LogP contribution in [-0.2, 0) is 11.8 Å². The maximum Gasteiger partial charge on any atom is 0.233 e. The number of hydrogen-bond acceptors (Lipinski definition) is 4. The number of anilines is 1. The van der Waals surface area contributed by atoms with E-state index in [9.17, 15) is 4.79 Å². The fourth-order valence-electron chi connectivity index (χ4n) is 4.44. The zero-order valence-electron chi connectivity index (χ0n) is 16.0. The van der Waals surface area contributed by atoms with Gasteiger partial charge in [0.1, 0.15) is 0 Å². The smallest absolute Gasteiger partial charge is 0.233 e. The number of carbonyl (C=O) groups is 1. The van der Waals surface area contributed by atoms with E-state index in [-0.39, 0.29) is 17.9 Å². The molecular weight excluding hydrogens is 364 g/mol. The van der Waals surface area contributed by atoms with Crippen molar-refractivity contribution in [1.29, 1.82) is 0 Å². The molecule has 1 amide bonds. The molecule has 1 aromatic carbocycles. The van der Waals surface area contributed by atoms with E-state index in [4.69, 9.17) is 0 Å². The molecule has 29 heavy (non-hydrogen) atoms. The number of imidazole rings is 1. The van der Waals surface area contributed by atoms with Crippen LogP contribution in [0, 0.1) is 11.8 Å². The van der Waals surface area contributed by atoms with Crippen molar-refractivity contribution in [1.82, 2.24) is 24.7 Å². The van der Waals surface area contributed by atoms with Gasteiger partial charge in [-0.1, -0.05) is 6.07 Å². The lowest BCUT2D eigenvalue weighted by molar-refractivity contribution is -0.131. The third-order valence-corrected chi connectivity index (χ3v) is 6.08. The first kappa shape index (κ1) is 16.5. The molecule has 144 valence electrons. The lowest BCUT2D eigenvalue weighted by Gasteiger charge is -2.47. The number of benzene rings is 1. The summed E-state index contributed by atoms with van der Waals surface area (Å²) in [6.45, 7) is 0. The predicted molar refractivity (Wildman–Crippen MR) is 109 cm³/mol. The van der Waals surface area contributed by atoms with Crippen LogP contribution in [0.1, 0.15) is 24.4 Å². The van der Waals surface area contributed by atoms with Crippen LogP contribution in [0.15, 0.2) is 55.2 Å². The first-order valence-electron chi connectivity index (χ1n) is 9.90. The summed E-state index contributed by atoms with van der Waals surface area (Å²) >= 11 is 0. The molecule has 4 heterocycles. The molecule has 3 aromatic heterocycles. The van der Waals surface area contributed by atoms with Gasteiger partial charge in [-0.05, 0) is 48.6 Å². The summed E-state index contributed by atoms with van der Waals surface area (Å²) in [5, 5.41) is 4.22. The van der Waals surface area contributed by atoms with Crippen LogP contribution in [0.4, 0.5) is 5.69 Å². The number of nitrogens with one attached hydrogen (secondary N) is 1. The molecular formula is C22H20N6O. The van der Waals surface area contributed by atoms with Gasteiger partial charge >= 0.3 is 0 Å². The van der Waals surface area contributed by atoms with Crippen LogP contribution < -0.4 is 4.90 Å². The lowest BCUT2D eigenvalue weighted by atomic mass is 9.79. The Morgan fingerprint density at radius 1 is 1.10 bits per heavy atom. The van der Waals surface area contributed by atoms with Gasteiger partial charge in [0.15, 0.2) is 0 Å². The average Bonchev–Trinajstić information content (AvgIpc) is 3.26. The molecule has 0 radical (unpaired) electrons. The van der Waals surface area contributed by atoms with Gasteiger partial charge in [-0.3, -0.25) is 14.5 Å². The number of amides is 1. The average molecular weight is 384 g/mol. The number of aryl methyl sites for hydroxylation is 1. The summed E-state index contributed by atoms with van der Waals surface area (Å²) in [7, 11) is 1.89. The molecule has 7 nitrogen and oxygen atoms in total. The molecule has 6 rings (SSSR count). The number of carbonyl (C=O) groups excluding carboxylic acids is 1. The van der Waals surface area contributed by atoms with Gasteiger partial charge < -0.3 is 9.88 Å². The number of fused-ring (bicyclic) bond motifs is 1. The van der Waals surface area contributed by atoms with Crippen molar-refractivity contribution in [2.45, 2.75) is 18.9 Å². The van der Waals surface area contributed by atoms with Crippen LogP contribution in [-0.4, -0.2) is 30.6 Å². The molecule has 7 heteroatoms. The molecule has 2 atom stereocenters. The summed E-state index contributed by atoms with van der Waals surface area (Å²) in [5.41, 5.74) is 5.70. The van der Waals surface area contributed by atoms with E-state index < -0.39 is 0 Å². The minimum atomic E-state index is 0.0295. The number of pyridine rings is 1. The van der Waals surface area contributed by atoms with Crippen LogP contribution in [0.5, 0.6) is 0 Å². The number of aromatic amines is 1. The Balaban J connectivity index is 1.37. The van der Waals surface area contributed by atoms with E-state index in [2.05, 4.69) is 26.1 Å². The highest BCUT2D eigenvalue weighted by Crippen LogP contribution is 2.53. The first-order valence-corrected chi connectivity index (χ1v) is 9.90. The fraction of sp³-hybridized carbons (Fsp3) is 0.273. The van der Waals surface area contributed by atoms with Gasteiger partial charge in [0.05, 0.1) is 41.2 Å². The van der Waals surface area contributed by atoms with Gasteiger partial charge in [0.2, 0.25) is 5.91 Å². The molecule has 0 bridgehead atoms. The van der Waals surface area contributed by atoms with E-state index in [1.54, 1.807) is 11.0 Å². The number of aromatic nitrogens is 5. The van der Waals surface area contributed by atoms with Crippen LogP contribution in [0.25, 0.3) is 22.3 Å². The zero-order valence-corrected chi connectivity index (χ0v) is 16.0. The van der Waals surface area contributed by atoms with Crippen molar-refractivity contribution in [3.8, 4) is 11.3 Å². The van der Waals surface area contributed by atoms with E-state index in [0.29, 0.717) is 5.92 Å². The Morgan fingerprint density at radius 3 is 2.72 bits per heavy atom. The molecule has 1 saturated carbocycles. The quantitative estimate of drug-likeness (QED) is 0.547. The van der Waals surface area contributed by atoms with E-state index >= 15 is 0 Å². The second-order valence-electron chi connectivity index (χ2n) is 8.00. The molecule has 1 aliphatic carbocycles. The highest BCUT2D eigenvalue weighted by Gasteiger charge is 2.55. The summed E-state index contributed by atoms with van der Waals surface area (Å²) in [6, 6.07) is 10.1. The van der Waals surface area contributed by atoms with Crippen molar-refractivity contribution < 1.29 is 4.79 Å². The van der Waals surface area contributed by atoms with Gasteiger partial charge in [-0.25, -0.2) is 4.98 Å². The maximum absolute atomic E-state index is 13.1. The number of β-lactam (4-membered cyclic amide) rings is 1. The van der Waals surface area contributed by atoms with Crippen molar-refractivity contribution in [2.24, 2.45) is 18.9 Å². The summed E-state index contributed by atoms with van der Waals surface area (Å²) in [6.07, 6.45) is 9.63. The van der Waals surface area contributed by atoms with Crippen LogP contribution in [0.2, 0.25) is 0 Å². The second-order valence-corrected chi connectivity index (χ2v) is 8.00. The number of rotatable bonds is 4. The van der Waals surface area contributed by atoms with Gasteiger partial charge in [0, 0.05) is 30.7 Å². The zero-order chi connectivity index (χ0) is 19.5. The van der Waals surface area contributed by atoms with Crippen molar-refractivity contribution >= 4 is 22.6 Å². The Hall–Kier alpha value is -3.48. The fourth-order valence-corrected chi connectivity index (χ4v) is 4.44. The Labute approximate surface area is 167 Å². The molecule has 2 fully saturated rings. The Kier molecular flexibility index (Phi) is 3.41. The number of hydrogen-bond donors (Lipinski definition) is 1. The van der Waals surface area contributed by atoms with E-state index in [1.165, 1.54) is 0 Å². The summed E-state index contributed by atoms with van der Waals surface area (Å²) in [4.78, 5) is 27.1. The summed E-state index contributed by atoms with van der Waals surface area (Å²) < 4.78 is 1.77. The first-order chi connectivity index (χ1) is 14.2. The maximum atomic E-state index is 13.1. The molecule has 4 aromatic rings. The Bertz CT molecular complexity index is 1220. The monoisotopic (exact) mass is 384 g/mol. The third kappa shape index (κ3) is 2.57. The van der Waals surface area contributed by atoms with Gasteiger partial charge in [-0.15, -0.1) is 0 Å². The highest BCUT2D eigenvalue weighted by atomic mass is 16.2. The van der Waals surface area contributed by atoms with Gasteiger partial charge in [-0.2, -0.15) is 5.10 Å². The number of nitrogens with zero attached hydrogens (tertiary/aromatic N) is 5. The molecule has 2 aliphatic rings. The topological polar surface area (TPSA) is 79.7 Å². The van der Waals surface area contributed by atoms with Crippen molar-refractivity contribution in [3.63, 3.8) is 0 Å². The largest absolute Gasteiger partial charge is 0.345 e. The molecule has 0 spiro atoms. The molecule has 1 saturated heterocycles. The summed E-state index contributed by atoms with van der Waals surface area (Å²) in [5.74, 6) is 0.760. The van der Waals surface area contributed by atoms with E-state index in [0.717, 1.165) is 46.4 Å². The van der Waals surface area contributed by atoms with Crippen molar-refractivity contribution in [3.05, 3.63) is 60.8 Å². The van der Waals surface area contributed by atoms with Crippen LogP contribution in [0.3, 0.4) is 0 Å². The SMILES string of the molecule is Cn1cc(-c2ccc(C3C(C4CC4)C(=O)N3c3ccc4[nH]cnc4c3)cn2)cn1. The third-order valence-electron chi connectivity index (χ3n) is 6.08. The standard InChI is InChI=1S/C22H20N6O/c1-27-11-15(10-26-27)17-6-4-14(9-23-17)21-20(13-2-3-13)22(29)28(21)16-5-7-18-19(8-16)25-12-24-18/h4-13,20-21H,2-3H2,1H3,(H,24,25). The van der Waals surface area contributed by atoms with Gasteiger partial charge in [0.25, 0.3) is 0 Å². The van der Waals surface area contributed by atoms with E-state index in [1.807, 2.05) is 54.8 Å². The predicted octanol–water partition coefficient (Wildman–Crippen LogP) is 3.47. The Morgan fingerprint density at radius 2 is 2.00 bits per heavy atom.